The Balaban J connectivity index is 1.18. The summed E-state index contributed by atoms with van der Waals surface area (Å²) in [6.07, 6.45) is -1.16. The summed E-state index contributed by atoms with van der Waals surface area (Å²) in [5, 5.41) is 12.3. The third-order valence-corrected chi connectivity index (χ3v) is 8.72. The summed E-state index contributed by atoms with van der Waals surface area (Å²) in [6.45, 7) is 3.16. The fourth-order valence-electron chi connectivity index (χ4n) is 4.43. The molecule has 0 fully saturated rings. The van der Waals surface area contributed by atoms with E-state index in [0.29, 0.717) is 38.6 Å². The van der Waals surface area contributed by atoms with Gasteiger partial charge in [-0.15, -0.1) is 10.2 Å². The fourth-order valence-corrected chi connectivity index (χ4v) is 6.25. The minimum atomic E-state index is -3.89. The van der Waals surface area contributed by atoms with Gasteiger partial charge in [0.05, 0.1) is 10.5 Å². The van der Waals surface area contributed by atoms with Crippen LogP contribution in [0.2, 0.25) is 0 Å². The number of oxazole rings is 1. The van der Waals surface area contributed by atoms with Gasteiger partial charge in [0, 0.05) is 16.6 Å². The van der Waals surface area contributed by atoms with Crippen molar-refractivity contribution >= 4 is 65.9 Å². The Hall–Kier alpha value is -5.14. The van der Waals surface area contributed by atoms with Crippen LogP contribution in [0.3, 0.4) is 0 Å². The standard InChI is InChI=1S/C30H23N5O6S2/c1-17(27(36)31-20-13-15-21(16-14-20)43(38,39)35-30-34-33-18(2)42-30)40-29(37)23-10-6-8-19-7-5-9-22(26(19)23)28-32-24-11-3-4-12-25(24)41-28/h3-17H,1-2H3,(H,31,36)(H,34,35). The fraction of sp³-hybridized carbons (Fsp3) is 0.100. The summed E-state index contributed by atoms with van der Waals surface area (Å²) < 4.78 is 39.2. The Bertz CT molecular complexity index is 2070. The molecule has 11 nitrogen and oxygen atoms in total. The smallest absolute Gasteiger partial charge is 0.339 e. The number of fused-ring (bicyclic) bond motifs is 2. The van der Waals surface area contributed by atoms with Gasteiger partial charge in [0.2, 0.25) is 11.0 Å². The van der Waals surface area contributed by atoms with E-state index in [1.165, 1.54) is 31.2 Å². The number of carbonyl (C=O) groups excluding carboxylic acids is 2. The Kier molecular flexibility index (Phi) is 7.34. The highest BCUT2D eigenvalue weighted by Crippen LogP contribution is 2.33. The maximum Gasteiger partial charge on any atom is 0.339 e. The summed E-state index contributed by atoms with van der Waals surface area (Å²) in [4.78, 5) is 30.8. The van der Waals surface area contributed by atoms with Crippen molar-refractivity contribution < 1.29 is 27.2 Å². The van der Waals surface area contributed by atoms with E-state index in [9.17, 15) is 18.0 Å². The van der Waals surface area contributed by atoms with Gasteiger partial charge in [0.1, 0.15) is 10.5 Å². The molecule has 0 bridgehead atoms. The normalized spacial score (nSPS) is 12.2. The van der Waals surface area contributed by atoms with Gasteiger partial charge in [0.15, 0.2) is 11.7 Å². The number of benzene rings is 4. The Morgan fingerprint density at radius 1 is 0.930 bits per heavy atom. The quantitative estimate of drug-likeness (QED) is 0.203. The molecule has 43 heavy (non-hydrogen) atoms. The zero-order chi connectivity index (χ0) is 30.1. The molecule has 1 amide bonds. The molecular weight excluding hydrogens is 590 g/mol. The van der Waals surface area contributed by atoms with Gasteiger partial charge in [0.25, 0.3) is 15.9 Å². The maximum absolute atomic E-state index is 13.4. The Morgan fingerprint density at radius 3 is 2.40 bits per heavy atom. The number of hydrogen-bond acceptors (Lipinski definition) is 10. The number of aromatic nitrogens is 3. The second kappa shape index (κ2) is 11.3. The van der Waals surface area contributed by atoms with Crippen LogP contribution in [-0.4, -0.2) is 41.6 Å². The number of rotatable bonds is 8. The topological polar surface area (TPSA) is 153 Å². The molecule has 0 aliphatic heterocycles. The SMILES string of the molecule is Cc1nnc(NS(=O)(=O)c2ccc(NC(=O)C(C)OC(=O)c3cccc4cccc(-c5nc6ccccc6o5)c34)cc2)s1. The summed E-state index contributed by atoms with van der Waals surface area (Å²) in [5.41, 5.74) is 2.50. The van der Waals surface area contributed by atoms with Crippen LogP contribution in [0.1, 0.15) is 22.3 Å². The zero-order valence-corrected chi connectivity index (χ0v) is 24.4. The lowest BCUT2D eigenvalue weighted by Gasteiger charge is -2.15. The summed E-state index contributed by atoms with van der Waals surface area (Å²) >= 11 is 1.11. The molecule has 0 saturated heterocycles. The van der Waals surface area contributed by atoms with E-state index in [1.807, 2.05) is 48.5 Å². The average Bonchev–Trinajstić information content (AvgIpc) is 3.62. The van der Waals surface area contributed by atoms with E-state index in [-0.39, 0.29) is 15.6 Å². The third-order valence-electron chi connectivity index (χ3n) is 6.48. The number of nitrogens with zero attached hydrogens (tertiary/aromatic N) is 3. The minimum absolute atomic E-state index is 0.0245. The van der Waals surface area contributed by atoms with Gasteiger partial charge in [-0.25, -0.2) is 18.2 Å². The van der Waals surface area contributed by atoms with E-state index in [1.54, 1.807) is 19.1 Å². The molecule has 6 rings (SSSR count). The van der Waals surface area contributed by atoms with E-state index in [4.69, 9.17) is 9.15 Å². The molecule has 2 N–H and O–H groups in total. The van der Waals surface area contributed by atoms with Crippen LogP contribution in [-0.2, 0) is 19.6 Å². The van der Waals surface area contributed by atoms with E-state index >= 15 is 0 Å². The van der Waals surface area contributed by atoms with Crippen LogP contribution in [0.4, 0.5) is 10.8 Å². The van der Waals surface area contributed by atoms with Crippen molar-refractivity contribution in [3.05, 3.63) is 95.5 Å². The number of esters is 1. The molecule has 2 heterocycles. The van der Waals surface area contributed by atoms with Crippen LogP contribution in [0.25, 0.3) is 33.3 Å². The Labute approximate surface area is 249 Å². The number of amides is 1. The van der Waals surface area contributed by atoms with Gasteiger partial charge < -0.3 is 14.5 Å². The van der Waals surface area contributed by atoms with Gasteiger partial charge in [-0.2, -0.15) is 0 Å². The number of carbonyl (C=O) groups is 2. The van der Waals surface area contributed by atoms with Crippen LogP contribution < -0.4 is 10.0 Å². The summed E-state index contributed by atoms with van der Waals surface area (Å²) in [5.74, 6) is -0.931. The van der Waals surface area contributed by atoms with Gasteiger partial charge >= 0.3 is 5.97 Å². The number of nitrogens with one attached hydrogen (secondary N) is 2. The van der Waals surface area contributed by atoms with Gasteiger partial charge in [-0.1, -0.05) is 47.7 Å². The molecule has 1 unspecified atom stereocenters. The number of aryl methyl sites for hydroxylation is 1. The Morgan fingerprint density at radius 2 is 1.67 bits per heavy atom. The molecule has 4 aromatic carbocycles. The second-order valence-corrected chi connectivity index (χ2v) is 12.4. The molecule has 13 heteroatoms. The van der Waals surface area contributed by atoms with Gasteiger partial charge in [-0.3, -0.25) is 9.52 Å². The largest absolute Gasteiger partial charge is 0.449 e. The minimum Gasteiger partial charge on any atom is -0.449 e. The van der Waals surface area contributed by atoms with Crippen molar-refractivity contribution in [2.45, 2.75) is 24.8 Å². The number of para-hydroxylation sites is 2. The molecule has 2 aromatic heterocycles. The van der Waals surface area contributed by atoms with Crippen LogP contribution in [0.15, 0.2) is 94.2 Å². The van der Waals surface area contributed by atoms with E-state index in [0.717, 1.165) is 16.7 Å². The second-order valence-electron chi connectivity index (χ2n) is 9.49. The average molecular weight is 614 g/mol. The van der Waals surface area contributed by atoms with Crippen LogP contribution >= 0.6 is 11.3 Å². The van der Waals surface area contributed by atoms with Crippen molar-refractivity contribution in [3.8, 4) is 11.5 Å². The highest BCUT2D eigenvalue weighted by Gasteiger charge is 2.23. The molecule has 1 atom stereocenters. The molecule has 0 spiro atoms. The molecule has 0 aliphatic rings. The maximum atomic E-state index is 13.4. The molecule has 0 saturated carbocycles. The summed E-state index contributed by atoms with van der Waals surface area (Å²) in [7, 11) is -3.89. The predicted octanol–water partition coefficient (Wildman–Crippen LogP) is 5.79. The summed E-state index contributed by atoms with van der Waals surface area (Å²) in [6, 6.07) is 23.7. The van der Waals surface area contributed by atoms with Crippen molar-refractivity contribution in [3.63, 3.8) is 0 Å². The lowest BCUT2D eigenvalue weighted by atomic mass is 9.99. The van der Waals surface area contributed by atoms with Crippen LogP contribution in [0, 0.1) is 6.92 Å². The van der Waals surface area contributed by atoms with Crippen molar-refractivity contribution in [1.29, 1.82) is 0 Å². The van der Waals surface area contributed by atoms with Crippen molar-refractivity contribution in [2.24, 2.45) is 0 Å². The van der Waals surface area contributed by atoms with E-state index < -0.39 is 28.0 Å². The number of hydrogen-bond donors (Lipinski definition) is 2. The molecular formula is C30H23N5O6S2. The first kappa shape index (κ1) is 28.0. The third kappa shape index (κ3) is 5.80. The number of ether oxygens (including phenoxy) is 1. The first-order chi connectivity index (χ1) is 20.7. The highest BCUT2D eigenvalue weighted by atomic mass is 32.2. The first-order valence-electron chi connectivity index (χ1n) is 13.0. The lowest BCUT2D eigenvalue weighted by molar-refractivity contribution is -0.123. The molecule has 216 valence electrons. The van der Waals surface area contributed by atoms with Crippen molar-refractivity contribution in [2.75, 3.05) is 10.0 Å². The highest BCUT2D eigenvalue weighted by molar-refractivity contribution is 7.93. The van der Waals surface area contributed by atoms with Crippen molar-refractivity contribution in [1.82, 2.24) is 15.2 Å². The van der Waals surface area contributed by atoms with Gasteiger partial charge in [-0.05, 0) is 67.8 Å². The monoisotopic (exact) mass is 613 g/mol. The lowest BCUT2D eigenvalue weighted by Crippen LogP contribution is -2.30. The van der Waals surface area contributed by atoms with E-state index in [2.05, 4.69) is 25.2 Å². The molecule has 0 radical (unpaired) electrons. The first-order valence-corrected chi connectivity index (χ1v) is 15.3. The number of sulfonamides is 1. The zero-order valence-electron chi connectivity index (χ0n) is 22.8. The predicted molar refractivity (Wildman–Crippen MR) is 162 cm³/mol. The molecule has 0 aliphatic carbocycles. The van der Waals surface area contributed by atoms with Crippen LogP contribution in [0.5, 0.6) is 0 Å². The number of anilines is 2. The molecule has 6 aromatic rings.